The number of carbonyl (C=O) groups is 1. The van der Waals surface area contributed by atoms with E-state index >= 15 is 0 Å². The average Bonchev–Trinajstić information content (AvgIpc) is 2.83. The molecular formula is C18H16NNaO3. The standard InChI is InChI=1S/C18H17NO3.Na/c1-13-10-15-16(8-5-9-17(15)22-12-18(20)21)19(13)11-14-6-3-2-4-7-14;/h2-10H,11-12H2,1H3,(H,20,21);/q;+1/p-1. The molecule has 0 amide bonds. The zero-order valence-corrected chi connectivity index (χ0v) is 15.3. The summed E-state index contributed by atoms with van der Waals surface area (Å²) < 4.78 is 7.51. The van der Waals surface area contributed by atoms with Gasteiger partial charge in [0.25, 0.3) is 0 Å². The van der Waals surface area contributed by atoms with Crippen LogP contribution in [0.4, 0.5) is 0 Å². The summed E-state index contributed by atoms with van der Waals surface area (Å²) in [4.78, 5) is 10.6. The van der Waals surface area contributed by atoms with Crippen molar-refractivity contribution in [1.29, 1.82) is 0 Å². The second-order valence-electron chi connectivity index (χ2n) is 5.21. The first-order valence-electron chi connectivity index (χ1n) is 7.10. The normalized spacial score (nSPS) is 10.3. The van der Waals surface area contributed by atoms with E-state index in [1.54, 1.807) is 6.07 Å². The first-order chi connectivity index (χ1) is 10.6. The molecule has 0 spiro atoms. The van der Waals surface area contributed by atoms with Crippen LogP contribution in [0.1, 0.15) is 11.3 Å². The molecule has 2 aromatic carbocycles. The summed E-state index contributed by atoms with van der Waals surface area (Å²) in [5.74, 6) is -0.658. The molecule has 5 heteroatoms. The smallest absolute Gasteiger partial charge is 0.546 e. The zero-order chi connectivity index (χ0) is 15.5. The molecule has 0 unspecified atom stereocenters. The van der Waals surface area contributed by atoms with E-state index in [2.05, 4.69) is 16.7 Å². The predicted octanol–water partition coefficient (Wildman–Crippen LogP) is -0.869. The number of aromatic nitrogens is 1. The van der Waals surface area contributed by atoms with Crippen LogP contribution in [0.3, 0.4) is 0 Å². The van der Waals surface area contributed by atoms with Gasteiger partial charge in [-0.2, -0.15) is 0 Å². The SMILES string of the molecule is Cc1cc2c(OCC(=O)[O-])cccc2n1Cc1ccccc1.[Na+]. The Morgan fingerprint density at radius 3 is 2.57 bits per heavy atom. The minimum Gasteiger partial charge on any atom is -0.546 e. The molecule has 0 saturated carbocycles. The van der Waals surface area contributed by atoms with Crippen LogP contribution in [-0.2, 0) is 11.3 Å². The maximum absolute atomic E-state index is 10.6. The molecule has 0 aliphatic carbocycles. The third-order valence-electron chi connectivity index (χ3n) is 3.64. The second-order valence-corrected chi connectivity index (χ2v) is 5.21. The molecule has 4 nitrogen and oxygen atoms in total. The Balaban J connectivity index is 0.00000192. The van der Waals surface area contributed by atoms with E-state index in [9.17, 15) is 9.90 Å². The number of carbonyl (C=O) groups excluding carboxylic acids is 1. The Kier molecular flexibility index (Phi) is 5.88. The monoisotopic (exact) mass is 317 g/mol. The van der Waals surface area contributed by atoms with Gasteiger partial charge in [0.2, 0.25) is 0 Å². The molecule has 0 saturated heterocycles. The number of fused-ring (bicyclic) bond motifs is 1. The van der Waals surface area contributed by atoms with Gasteiger partial charge in [-0.1, -0.05) is 36.4 Å². The van der Waals surface area contributed by atoms with Crippen LogP contribution in [-0.4, -0.2) is 17.1 Å². The number of ether oxygens (including phenoxy) is 1. The molecule has 3 rings (SSSR count). The third-order valence-corrected chi connectivity index (χ3v) is 3.64. The number of benzene rings is 2. The minimum absolute atomic E-state index is 0. The van der Waals surface area contributed by atoms with Crippen molar-refractivity contribution in [3.63, 3.8) is 0 Å². The maximum atomic E-state index is 10.6. The van der Waals surface area contributed by atoms with E-state index < -0.39 is 12.6 Å². The third kappa shape index (κ3) is 3.96. The number of hydrogen-bond donors (Lipinski definition) is 0. The van der Waals surface area contributed by atoms with Gasteiger partial charge in [0, 0.05) is 17.6 Å². The Bertz CT molecular complexity index is 812. The zero-order valence-electron chi connectivity index (χ0n) is 13.3. The van der Waals surface area contributed by atoms with Gasteiger partial charge in [-0.3, -0.25) is 0 Å². The van der Waals surface area contributed by atoms with Crippen LogP contribution >= 0.6 is 0 Å². The van der Waals surface area contributed by atoms with Gasteiger partial charge < -0.3 is 19.2 Å². The molecule has 23 heavy (non-hydrogen) atoms. The number of hydrogen-bond acceptors (Lipinski definition) is 3. The van der Waals surface area contributed by atoms with Gasteiger partial charge in [0.15, 0.2) is 0 Å². The summed E-state index contributed by atoms with van der Waals surface area (Å²) in [6, 6.07) is 17.9. The molecule has 112 valence electrons. The number of carboxylic acid groups (broad SMARTS) is 1. The quantitative estimate of drug-likeness (QED) is 0.575. The van der Waals surface area contributed by atoms with Crippen LogP contribution in [0, 0.1) is 6.92 Å². The fourth-order valence-corrected chi connectivity index (χ4v) is 2.63. The first kappa shape index (κ1) is 17.6. The van der Waals surface area contributed by atoms with Crippen molar-refractivity contribution >= 4 is 16.9 Å². The molecular weight excluding hydrogens is 301 g/mol. The molecule has 0 atom stereocenters. The van der Waals surface area contributed by atoms with Crippen molar-refractivity contribution in [2.24, 2.45) is 0 Å². The molecule has 3 aromatic rings. The van der Waals surface area contributed by atoms with Gasteiger partial charge in [-0.15, -0.1) is 0 Å². The van der Waals surface area contributed by atoms with Crippen molar-refractivity contribution in [3.8, 4) is 5.75 Å². The molecule has 0 radical (unpaired) electrons. The fraction of sp³-hybridized carbons (Fsp3) is 0.167. The maximum Gasteiger partial charge on any atom is 1.00 e. The number of carboxylic acids is 1. The van der Waals surface area contributed by atoms with Gasteiger partial charge in [0.1, 0.15) is 12.4 Å². The Morgan fingerprint density at radius 1 is 1.13 bits per heavy atom. The largest absolute Gasteiger partial charge is 1.00 e. The second kappa shape index (κ2) is 7.68. The molecule has 1 heterocycles. The summed E-state index contributed by atoms with van der Waals surface area (Å²) >= 11 is 0. The molecule has 1 aromatic heterocycles. The van der Waals surface area contributed by atoms with Crippen molar-refractivity contribution in [2.75, 3.05) is 6.61 Å². The van der Waals surface area contributed by atoms with E-state index in [0.29, 0.717) is 5.75 Å². The van der Waals surface area contributed by atoms with Gasteiger partial charge in [-0.25, -0.2) is 0 Å². The summed E-state index contributed by atoms with van der Waals surface area (Å²) in [5.41, 5.74) is 3.34. The van der Waals surface area contributed by atoms with Crippen molar-refractivity contribution in [2.45, 2.75) is 13.5 Å². The molecule has 0 aliphatic rings. The minimum atomic E-state index is -1.22. The van der Waals surface area contributed by atoms with Crippen LogP contribution < -0.4 is 39.4 Å². The van der Waals surface area contributed by atoms with Crippen LogP contribution in [0.25, 0.3) is 10.9 Å². The number of nitrogens with zero attached hydrogens (tertiary/aromatic N) is 1. The number of aryl methyl sites for hydroxylation is 1. The van der Waals surface area contributed by atoms with Crippen LogP contribution in [0.15, 0.2) is 54.6 Å². The van der Waals surface area contributed by atoms with E-state index in [-0.39, 0.29) is 29.6 Å². The number of aliphatic carboxylic acids is 1. The summed E-state index contributed by atoms with van der Waals surface area (Å²) in [7, 11) is 0. The van der Waals surface area contributed by atoms with Crippen LogP contribution in [0.2, 0.25) is 0 Å². The van der Waals surface area contributed by atoms with E-state index in [1.165, 1.54) is 5.56 Å². The molecule has 0 bridgehead atoms. The number of rotatable bonds is 5. The Labute approximate surface area is 157 Å². The average molecular weight is 317 g/mol. The summed E-state index contributed by atoms with van der Waals surface area (Å²) in [5, 5.41) is 11.5. The molecule has 0 N–H and O–H groups in total. The molecule has 0 aliphatic heterocycles. The van der Waals surface area contributed by atoms with Crippen LogP contribution in [0.5, 0.6) is 5.75 Å². The Hall–Kier alpha value is -1.75. The molecule has 0 fully saturated rings. The predicted molar refractivity (Wildman–Crippen MR) is 82.7 cm³/mol. The van der Waals surface area contributed by atoms with E-state index in [4.69, 9.17) is 4.74 Å². The fourth-order valence-electron chi connectivity index (χ4n) is 2.63. The summed E-state index contributed by atoms with van der Waals surface area (Å²) in [6.45, 7) is 2.35. The summed E-state index contributed by atoms with van der Waals surface area (Å²) in [6.07, 6.45) is 0. The topological polar surface area (TPSA) is 54.3 Å². The van der Waals surface area contributed by atoms with Crippen molar-refractivity contribution in [1.82, 2.24) is 4.57 Å². The Morgan fingerprint density at radius 2 is 1.87 bits per heavy atom. The van der Waals surface area contributed by atoms with Crippen molar-refractivity contribution in [3.05, 3.63) is 65.9 Å². The van der Waals surface area contributed by atoms with E-state index in [1.807, 2.05) is 43.3 Å². The van der Waals surface area contributed by atoms with Gasteiger partial charge in [0.05, 0.1) is 11.5 Å². The van der Waals surface area contributed by atoms with Gasteiger partial charge >= 0.3 is 29.6 Å². The van der Waals surface area contributed by atoms with E-state index in [0.717, 1.165) is 23.1 Å². The van der Waals surface area contributed by atoms with Crippen molar-refractivity contribution < 1.29 is 44.2 Å². The van der Waals surface area contributed by atoms with Gasteiger partial charge in [-0.05, 0) is 30.7 Å². The first-order valence-corrected chi connectivity index (χ1v) is 7.10.